The molecule has 18 heavy (non-hydrogen) atoms. The Hall–Kier alpha value is -0.780. The lowest BCUT2D eigenvalue weighted by atomic mass is 10.2. The molecule has 1 amide bonds. The molecule has 6 heteroatoms. The highest BCUT2D eigenvalue weighted by Gasteiger charge is 2.22. The average Bonchev–Trinajstić information content (AvgIpc) is 2.38. The lowest BCUT2D eigenvalue weighted by Gasteiger charge is -2.33. The lowest BCUT2D eigenvalue weighted by Crippen LogP contribution is -2.52. The Balaban J connectivity index is 0.00000162. The molecule has 1 aromatic rings. The zero-order chi connectivity index (χ0) is 12.1. The van der Waals surface area contributed by atoms with Crippen LogP contribution in [-0.2, 0) is 4.79 Å². The number of aromatic nitrogens is 1. The highest BCUT2D eigenvalue weighted by molar-refractivity contribution is 8.00. The molecular weight excluding hydrogens is 270 g/mol. The van der Waals surface area contributed by atoms with Gasteiger partial charge in [0, 0.05) is 43.0 Å². The second-order valence-electron chi connectivity index (χ2n) is 4.11. The van der Waals surface area contributed by atoms with Gasteiger partial charge in [-0.1, -0.05) is 0 Å². The van der Waals surface area contributed by atoms with Crippen molar-refractivity contribution in [2.75, 3.05) is 25.4 Å². The number of halogens is 1. The van der Waals surface area contributed by atoms with E-state index in [0.29, 0.717) is 11.8 Å². The quantitative estimate of drug-likeness (QED) is 0.854. The summed E-state index contributed by atoms with van der Waals surface area (Å²) in [7, 11) is 0. The highest BCUT2D eigenvalue weighted by atomic mass is 35.5. The fourth-order valence-electron chi connectivity index (χ4n) is 1.87. The maximum absolute atomic E-state index is 12.0. The number of pyridine rings is 1. The molecule has 1 fully saturated rings. The van der Waals surface area contributed by atoms with Gasteiger partial charge in [-0.3, -0.25) is 9.78 Å². The topological polar surface area (TPSA) is 45.2 Å². The molecule has 0 spiro atoms. The van der Waals surface area contributed by atoms with Gasteiger partial charge in [0.1, 0.15) is 0 Å². The molecule has 4 nitrogen and oxygen atoms in total. The molecule has 0 bridgehead atoms. The minimum Gasteiger partial charge on any atom is -0.337 e. The summed E-state index contributed by atoms with van der Waals surface area (Å²) in [6, 6.07) is 4.16. The Bertz CT molecular complexity index is 377. The number of nitrogens with one attached hydrogen (secondary N) is 1. The van der Waals surface area contributed by atoms with Crippen LogP contribution < -0.4 is 5.32 Å². The smallest absolute Gasteiger partial charge is 0.233 e. The van der Waals surface area contributed by atoms with E-state index in [1.54, 1.807) is 24.2 Å². The number of nitrogens with zero attached hydrogens (tertiary/aromatic N) is 2. The first kappa shape index (κ1) is 15.3. The molecule has 1 saturated heterocycles. The van der Waals surface area contributed by atoms with Crippen LogP contribution in [0.1, 0.15) is 6.92 Å². The van der Waals surface area contributed by atoms with Crippen LogP contribution in [0.25, 0.3) is 0 Å². The van der Waals surface area contributed by atoms with Crippen molar-refractivity contribution in [1.29, 1.82) is 0 Å². The molecule has 1 N–H and O–H groups in total. The van der Waals surface area contributed by atoms with Crippen molar-refractivity contribution in [2.45, 2.75) is 17.9 Å². The monoisotopic (exact) mass is 287 g/mol. The number of piperazine rings is 1. The Labute approximate surface area is 118 Å². The van der Waals surface area contributed by atoms with Crippen LogP contribution in [0.15, 0.2) is 29.4 Å². The first-order chi connectivity index (χ1) is 8.27. The zero-order valence-electron chi connectivity index (χ0n) is 10.3. The molecule has 100 valence electrons. The largest absolute Gasteiger partial charge is 0.337 e. The maximum atomic E-state index is 12.0. The van der Waals surface area contributed by atoms with E-state index in [4.69, 9.17) is 0 Å². The van der Waals surface area contributed by atoms with Gasteiger partial charge >= 0.3 is 0 Å². The van der Waals surface area contributed by atoms with E-state index in [9.17, 15) is 4.79 Å². The standard InChI is InChI=1S/C12H17N3OS.ClH/c1-10-8-14-6-7-15(10)12(16)9-17-11-2-4-13-5-3-11;/h2-5,10,14H,6-9H2,1H3;1H/t10-;/m1./s1. The van der Waals surface area contributed by atoms with Crippen molar-refractivity contribution < 1.29 is 4.79 Å². The predicted molar refractivity (Wildman–Crippen MR) is 76.3 cm³/mol. The van der Waals surface area contributed by atoms with E-state index in [0.717, 1.165) is 24.5 Å². The van der Waals surface area contributed by atoms with Crippen LogP contribution in [0.4, 0.5) is 0 Å². The molecule has 0 aliphatic carbocycles. The first-order valence-corrected chi connectivity index (χ1v) is 6.79. The van der Waals surface area contributed by atoms with Gasteiger partial charge in [-0.15, -0.1) is 24.2 Å². The molecule has 0 saturated carbocycles. The summed E-state index contributed by atoms with van der Waals surface area (Å²) < 4.78 is 0. The summed E-state index contributed by atoms with van der Waals surface area (Å²) >= 11 is 1.57. The van der Waals surface area contributed by atoms with E-state index in [2.05, 4.69) is 17.2 Å². The van der Waals surface area contributed by atoms with Crippen LogP contribution in [0, 0.1) is 0 Å². The van der Waals surface area contributed by atoms with Crippen LogP contribution in [0.2, 0.25) is 0 Å². The Morgan fingerprint density at radius 1 is 1.56 bits per heavy atom. The summed E-state index contributed by atoms with van der Waals surface area (Å²) in [5.74, 6) is 0.731. The molecule has 0 radical (unpaired) electrons. The SMILES string of the molecule is C[C@@H]1CNCCN1C(=O)CSc1ccncc1.Cl. The Morgan fingerprint density at radius 2 is 2.28 bits per heavy atom. The normalized spacial score (nSPS) is 19.2. The first-order valence-electron chi connectivity index (χ1n) is 5.80. The van der Waals surface area contributed by atoms with Crippen molar-refractivity contribution in [3.8, 4) is 0 Å². The third-order valence-corrected chi connectivity index (χ3v) is 3.83. The van der Waals surface area contributed by atoms with Crippen LogP contribution >= 0.6 is 24.2 Å². The molecule has 0 unspecified atom stereocenters. The molecular formula is C12H18ClN3OS. The third-order valence-electron chi connectivity index (χ3n) is 2.83. The number of hydrogen-bond donors (Lipinski definition) is 1. The fourth-order valence-corrected chi connectivity index (χ4v) is 2.64. The Morgan fingerprint density at radius 3 is 2.94 bits per heavy atom. The number of thioether (sulfide) groups is 1. The van der Waals surface area contributed by atoms with Gasteiger partial charge in [-0.25, -0.2) is 0 Å². The highest BCUT2D eigenvalue weighted by Crippen LogP contribution is 2.17. The average molecular weight is 288 g/mol. The number of amides is 1. The second kappa shape index (κ2) is 7.61. The molecule has 1 aromatic heterocycles. The van der Waals surface area contributed by atoms with Gasteiger partial charge in [0.05, 0.1) is 5.75 Å². The third kappa shape index (κ3) is 4.15. The van der Waals surface area contributed by atoms with Crippen LogP contribution in [0.5, 0.6) is 0 Å². The predicted octanol–water partition coefficient (Wildman–Crippen LogP) is 1.42. The van der Waals surface area contributed by atoms with Crippen molar-refractivity contribution in [1.82, 2.24) is 15.2 Å². The summed E-state index contributed by atoms with van der Waals surface area (Å²) in [4.78, 5) is 19.1. The summed E-state index contributed by atoms with van der Waals surface area (Å²) in [5.41, 5.74) is 0. The maximum Gasteiger partial charge on any atom is 0.233 e. The Kier molecular flexibility index (Phi) is 6.46. The van der Waals surface area contributed by atoms with Gasteiger partial charge in [-0.2, -0.15) is 0 Å². The van der Waals surface area contributed by atoms with Gasteiger partial charge in [0.15, 0.2) is 0 Å². The van der Waals surface area contributed by atoms with E-state index >= 15 is 0 Å². The molecule has 0 aromatic carbocycles. The number of carbonyl (C=O) groups is 1. The summed E-state index contributed by atoms with van der Waals surface area (Å²) in [5, 5.41) is 3.28. The van der Waals surface area contributed by atoms with Crippen molar-refractivity contribution in [2.24, 2.45) is 0 Å². The molecule has 1 atom stereocenters. The molecule has 1 aliphatic rings. The van der Waals surface area contributed by atoms with Crippen molar-refractivity contribution >= 4 is 30.1 Å². The number of rotatable bonds is 3. The number of hydrogen-bond acceptors (Lipinski definition) is 4. The van der Waals surface area contributed by atoms with E-state index in [1.807, 2.05) is 17.0 Å². The number of carbonyl (C=O) groups excluding carboxylic acids is 1. The second-order valence-corrected chi connectivity index (χ2v) is 5.16. The zero-order valence-corrected chi connectivity index (χ0v) is 12.0. The van der Waals surface area contributed by atoms with Gasteiger partial charge in [0.2, 0.25) is 5.91 Å². The van der Waals surface area contributed by atoms with E-state index < -0.39 is 0 Å². The van der Waals surface area contributed by atoms with E-state index in [1.165, 1.54) is 0 Å². The van der Waals surface area contributed by atoms with E-state index in [-0.39, 0.29) is 18.3 Å². The van der Waals surface area contributed by atoms with Gasteiger partial charge < -0.3 is 10.2 Å². The molecule has 2 heterocycles. The molecule has 2 rings (SSSR count). The summed E-state index contributed by atoms with van der Waals surface area (Å²) in [6.07, 6.45) is 3.50. The lowest BCUT2D eigenvalue weighted by molar-refractivity contribution is -0.131. The van der Waals surface area contributed by atoms with Crippen molar-refractivity contribution in [3.05, 3.63) is 24.5 Å². The van der Waals surface area contributed by atoms with Crippen molar-refractivity contribution in [3.63, 3.8) is 0 Å². The summed E-state index contributed by atoms with van der Waals surface area (Å²) in [6.45, 7) is 4.69. The van der Waals surface area contributed by atoms with Gasteiger partial charge in [-0.05, 0) is 19.1 Å². The fraction of sp³-hybridized carbons (Fsp3) is 0.500. The molecule has 1 aliphatic heterocycles. The van der Waals surface area contributed by atoms with Gasteiger partial charge in [0.25, 0.3) is 0 Å². The minimum absolute atomic E-state index is 0. The minimum atomic E-state index is 0. The van der Waals surface area contributed by atoms with Crippen LogP contribution in [-0.4, -0.2) is 47.2 Å². The van der Waals surface area contributed by atoms with Crippen LogP contribution in [0.3, 0.4) is 0 Å².